The molecule has 0 aromatic heterocycles. The zero-order valence-electron chi connectivity index (χ0n) is 4.23. The van der Waals surface area contributed by atoms with E-state index in [0.29, 0.717) is 0 Å². The van der Waals surface area contributed by atoms with Gasteiger partial charge >= 0.3 is 22.3 Å². The van der Waals surface area contributed by atoms with Gasteiger partial charge in [0.2, 0.25) is 0 Å². The minimum absolute atomic E-state index is 1.51. The molecule has 0 fully saturated rings. The SMILES string of the molecule is O=C(O)O[SiH2]OC(=O)O. The summed E-state index contributed by atoms with van der Waals surface area (Å²) in [6.07, 6.45) is -3.02. The predicted octanol–water partition coefficient (Wildman–Crippen LogP) is -0.626. The average molecular weight is 152 g/mol. The van der Waals surface area contributed by atoms with Gasteiger partial charge in [-0.05, 0) is 0 Å². The Hall–Kier alpha value is -1.24. The summed E-state index contributed by atoms with van der Waals surface area (Å²) in [5, 5.41) is 15.5. The molecule has 0 saturated carbocycles. The fourth-order valence-corrected chi connectivity index (χ4v) is 0.391. The maximum atomic E-state index is 9.52. The van der Waals surface area contributed by atoms with Crippen molar-refractivity contribution in [2.45, 2.75) is 0 Å². The van der Waals surface area contributed by atoms with E-state index < -0.39 is 22.3 Å². The molecule has 9 heavy (non-hydrogen) atoms. The highest BCUT2D eigenvalue weighted by molar-refractivity contribution is 6.24. The fraction of sp³-hybridized carbons (Fsp3) is 0. The molecule has 0 radical (unpaired) electrons. The van der Waals surface area contributed by atoms with Gasteiger partial charge in [-0.1, -0.05) is 0 Å². The normalized spacial score (nSPS) is 8.00. The lowest BCUT2D eigenvalue weighted by molar-refractivity contribution is 0.121. The van der Waals surface area contributed by atoms with Crippen molar-refractivity contribution in [2.75, 3.05) is 0 Å². The average Bonchev–Trinajstić information content (AvgIpc) is 1.63. The number of carboxylic acid groups (broad SMARTS) is 2. The lowest BCUT2D eigenvalue weighted by Crippen LogP contribution is -2.12. The van der Waals surface area contributed by atoms with Crippen LogP contribution in [0.25, 0.3) is 0 Å². The van der Waals surface area contributed by atoms with Crippen LogP contribution in [0.5, 0.6) is 0 Å². The van der Waals surface area contributed by atoms with Crippen LogP contribution in [0.3, 0.4) is 0 Å². The molecule has 2 N–H and O–H groups in total. The lowest BCUT2D eigenvalue weighted by atomic mass is 11.5. The maximum Gasteiger partial charge on any atom is 0.493 e. The number of hydrogen-bond acceptors (Lipinski definition) is 4. The molecule has 0 aromatic carbocycles. The van der Waals surface area contributed by atoms with Crippen molar-refractivity contribution in [1.29, 1.82) is 0 Å². The molecule has 0 aliphatic carbocycles. The molecule has 0 bridgehead atoms. The zero-order chi connectivity index (χ0) is 7.28. The Morgan fingerprint density at radius 2 is 1.44 bits per heavy atom. The fourth-order valence-electron chi connectivity index (χ4n) is 0.130. The van der Waals surface area contributed by atoms with Crippen LogP contribution in [0.4, 0.5) is 9.59 Å². The molecule has 6 nitrogen and oxygen atoms in total. The first-order valence-corrected chi connectivity index (χ1v) is 3.00. The molecule has 0 heterocycles. The number of hydrogen-bond donors (Lipinski definition) is 2. The Bertz CT molecular complexity index is 106. The molecular formula is C2H4O6Si. The topological polar surface area (TPSA) is 93.1 Å². The minimum atomic E-state index is -1.88. The Labute approximate surface area is 52.1 Å². The van der Waals surface area contributed by atoms with Gasteiger partial charge in [-0.2, -0.15) is 0 Å². The second-order valence-electron chi connectivity index (χ2n) is 0.938. The second-order valence-corrected chi connectivity index (χ2v) is 1.75. The van der Waals surface area contributed by atoms with Crippen molar-refractivity contribution in [2.24, 2.45) is 0 Å². The Morgan fingerprint density at radius 1 is 1.11 bits per heavy atom. The van der Waals surface area contributed by atoms with Crippen molar-refractivity contribution in [1.82, 2.24) is 0 Å². The van der Waals surface area contributed by atoms with E-state index in [4.69, 9.17) is 10.2 Å². The summed E-state index contributed by atoms with van der Waals surface area (Å²) in [6.45, 7) is 0. The second kappa shape index (κ2) is 3.72. The zero-order valence-corrected chi connectivity index (χ0v) is 5.65. The molecule has 7 heteroatoms. The number of carbonyl (C=O) groups is 2. The van der Waals surface area contributed by atoms with Gasteiger partial charge < -0.3 is 19.1 Å². The molecule has 0 aromatic rings. The highest BCUT2D eigenvalue weighted by Crippen LogP contribution is 1.75. The summed E-state index contributed by atoms with van der Waals surface area (Å²) in [5.41, 5.74) is 0. The van der Waals surface area contributed by atoms with Crippen LogP contribution in [0.1, 0.15) is 0 Å². The van der Waals surface area contributed by atoms with Gasteiger partial charge in [-0.3, -0.25) is 0 Å². The molecule has 0 spiro atoms. The van der Waals surface area contributed by atoms with Crippen LogP contribution in [0.15, 0.2) is 0 Å². The van der Waals surface area contributed by atoms with Crippen LogP contribution in [0, 0.1) is 0 Å². The molecule has 0 rings (SSSR count). The van der Waals surface area contributed by atoms with Crippen molar-refractivity contribution in [3.8, 4) is 0 Å². The Balaban J connectivity index is 3.10. The monoisotopic (exact) mass is 152 g/mol. The Morgan fingerprint density at radius 3 is 1.67 bits per heavy atom. The highest BCUT2D eigenvalue weighted by atomic mass is 28.3. The van der Waals surface area contributed by atoms with Crippen LogP contribution >= 0.6 is 0 Å². The third-order valence-corrected chi connectivity index (χ3v) is 1.09. The standard InChI is InChI=1S/C2H4O6Si/c3-1(4)7-9-8-2(5)6/h9H2,(H,3,4)(H,5,6). The summed E-state index contributed by atoms with van der Waals surface area (Å²) in [6, 6.07) is 0. The van der Waals surface area contributed by atoms with E-state index in [0.717, 1.165) is 0 Å². The molecule has 0 unspecified atom stereocenters. The molecule has 52 valence electrons. The summed E-state index contributed by atoms with van der Waals surface area (Å²) in [4.78, 5) is 19.0. The third-order valence-electron chi connectivity index (χ3n) is 0.365. The first kappa shape index (κ1) is 7.76. The summed E-state index contributed by atoms with van der Waals surface area (Å²) >= 11 is 0. The van der Waals surface area contributed by atoms with E-state index in [-0.39, 0.29) is 0 Å². The summed E-state index contributed by atoms with van der Waals surface area (Å²) in [7, 11) is -1.88. The van der Waals surface area contributed by atoms with Crippen LogP contribution in [0.2, 0.25) is 0 Å². The van der Waals surface area contributed by atoms with Gasteiger partial charge in [-0.25, -0.2) is 9.59 Å². The van der Waals surface area contributed by atoms with Gasteiger partial charge in [0.15, 0.2) is 0 Å². The third kappa shape index (κ3) is 6.76. The Kier molecular flexibility index (Phi) is 3.21. The molecule has 0 saturated heterocycles. The molecule has 0 aliphatic heterocycles. The van der Waals surface area contributed by atoms with Crippen molar-refractivity contribution < 1.29 is 28.7 Å². The smallest absolute Gasteiger partial charge is 0.458 e. The van der Waals surface area contributed by atoms with Gasteiger partial charge in [0.05, 0.1) is 0 Å². The van der Waals surface area contributed by atoms with E-state index in [9.17, 15) is 9.59 Å². The molecular weight excluding hydrogens is 148 g/mol. The van der Waals surface area contributed by atoms with E-state index in [1.807, 2.05) is 0 Å². The van der Waals surface area contributed by atoms with E-state index in [2.05, 4.69) is 8.85 Å². The molecule has 0 aliphatic rings. The maximum absolute atomic E-state index is 9.52. The first-order valence-electron chi connectivity index (χ1n) is 1.84. The number of rotatable bonds is 2. The first-order chi connectivity index (χ1) is 4.13. The van der Waals surface area contributed by atoms with Crippen LogP contribution in [-0.4, -0.2) is 32.5 Å². The van der Waals surface area contributed by atoms with Crippen LogP contribution < -0.4 is 0 Å². The largest absolute Gasteiger partial charge is 0.493 e. The minimum Gasteiger partial charge on any atom is -0.458 e. The van der Waals surface area contributed by atoms with Gasteiger partial charge in [0.25, 0.3) is 0 Å². The summed E-state index contributed by atoms with van der Waals surface area (Å²) < 4.78 is 7.61. The molecule has 0 amide bonds. The van der Waals surface area contributed by atoms with Gasteiger partial charge in [-0.15, -0.1) is 0 Å². The quantitative estimate of drug-likeness (QED) is 0.512. The van der Waals surface area contributed by atoms with E-state index in [1.165, 1.54) is 0 Å². The van der Waals surface area contributed by atoms with Crippen molar-refractivity contribution in [3.63, 3.8) is 0 Å². The summed E-state index contributed by atoms with van der Waals surface area (Å²) in [5.74, 6) is 0. The molecule has 0 atom stereocenters. The highest BCUT2D eigenvalue weighted by Gasteiger charge is 2.00. The van der Waals surface area contributed by atoms with Gasteiger partial charge in [0, 0.05) is 0 Å². The van der Waals surface area contributed by atoms with Crippen molar-refractivity contribution in [3.05, 3.63) is 0 Å². The lowest BCUT2D eigenvalue weighted by Gasteiger charge is -1.96. The van der Waals surface area contributed by atoms with E-state index >= 15 is 0 Å². The van der Waals surface area contributed by atoms with Crippen LogP contribution in [-0.2, 0) is 8.85 Å². The van der Waals surface area contributed by atoms with Crippen molar-refractivity contribution >= 4 is 22.3 Å². The van der Waals surface area contributed by atoms with E-state index in [1.54, 1.807) is 0 Å². The van der Waals surface area contributed by atoms with Gasteiger partial charge in [0.1, 0.15) is 0 Å². The predicted molar refractivity (Wildman–Crippen MR) is 26.8 cm³/mol.